The summed E-state index contributed by atoms with van der Waals surface area (Å²) in [6, 6.07) is 1.90. The third kappa shape index (κ3) is 2.83. The second kappa shape index (κ2) is 5.78. The van der Waals surface area contributed by atoms with Crippen molar-refractivity contribution in [2.75, 3.05) is 16.9 Å². The molecule has 1 amide bonds. The maximum atomic E-state index is 11.4. The van der Waals surface area contributed by atoms with Gasteiger partial charge < -0.3 is 5.32 Å². The van der Waals surface area contributed by atoms with E-state index in [1.54, 1.807) is 16.4 Å². The normalized spacial score (nSPS) is 13.8. The van der Waals surface area contributed by atoms with Gasteiger partial charge >= 0.3 is 0 Å². The minimum atomic E-state index is -0.225. The van der Waals surface area contributed by atoms with Gasteiger partial charge in [-0.1, -0.05) is 11.8 Å². The Kier molecular flexibility index (Phi) is 4.01. The molecule has 0 saturated carbocycles. The number of fused-ring (bicyclic) bond motifs is 1. The van der Waals surface area contributed by atoms with E-state index in [2.05, 4.69) is 20.6 Å². The lowest BCUT2D eigenvalue weighted by atomic mass is 10.3. The summed E-state index contributed by atoms with van der Waals surface area (Å²) in [5, 5.41) is 17.2. The smallest absolute Gasteiger partial charge is 0.239 e. The fourth-order valence-electron chi connectivity index (χ4n) is 1.89. The van der Waals surface area contributed by atoms with E-state index in [0.717, 1.165) is 32.1 Å². The van der Waals surface area contributed by atoms with Crippen LogP contribution in [0.2, 0.25) is 0 Å². The molecule has 1 aliphatic heterocycles. The number of halogens is 1. The van der Waals surface area contributed by atoms with Crippen LogP contribution >= 0.6 is 34.7 Å². The summed E-state index contributed by atoms with van der Waals surface area (Å²) in [5.41, 5.74) is 2.04. The Bertz CT molecular complexity index is 736. The van der Waals surface area contributed by atoms with Crippen molar-refractivity contribution in [2.24, 2.45) is 5.10 Å². The molecule has 0 fully saturated rings. The predicted octanol–water partition coefficient (Wildman–Crippen LogP) is 2.82. The third-order valence-electron chi connectivity index (χ3n) is 2.80. The van der Waals surface area contributed by atoms with Crippen LogP contribution < -0.4 is 5.32 Å². The van der Waals surface area contributed by atoms with Crippen molar-refractivity contribution < 1.29 is 4.79 Å². The van der Waals surface area contributed by atoms with Crippen molar-refractivity contribution in [1.82, 2.24) is 14.9 Å². The molecule has 0 unspecified atom stereocenters. The maximum absolute atomic E-state index is 11.4. The molecule has 0 aromatic carbocycles. The van der Waals surface area contributed by atoms with Crippen LogP contribution in [0.3, 0.4) is 0 Å². The molecule has 0 spiro atoms. The number of aromatic nitrogens is 3. The zero-order valence-electron chi connectivity index (χ0n) is 11.4. The monoisotopic (exact) mass is 341 g/mol. The molecule has 1 aliphatic rings. The van der Waals surface area contributed by atoms with E-state index >= 15 is 0 Å². The first-order valence-corrected chi connectivity index (χ1v) is 8.51. The molecular formula is C12H12ClN5OS2. The molecule has 0 saturated heterocycles. The molecule has 0 atom stereocenters. The van der Waals surface area contributed by atoms with Crippen molar-refractivity contribution in [3.8, 4) is 10.7 Å². The van der Waals surface area contributed by atoms with Crippen molar-refractivity contribution >= 4 is 51.3 Å². The summed E-state index contributed by atoms with van der Waals surface area (Å²) in [4.78, 5) is 12.3. The summed E-state index contributed by atoms with van der Waals surface area (Å²) in [7, 11) is 0. The van der Waals surface area contributed by atoms with Crippen LogP contribution in [0.1, 0.15) is 12.5 Å². The molecule has 3 heterocycles. The van der Waals surface area contributed by atoms with Gasteiger partial charge in [0.15, 0.2) is 5.82 Å². The average molecular weight is 342 g/mol. The summed E-state index contributed by atoms with van der Waals surface area (Å²) in [6.45, 7) is 3.95. The minimum Gasteiger partial charge on any atom is -0.317 e. The molecule has 0 radical (unpaired) electrons. The highest BCUT2D eigenvalue weighted by Crippen LogP contribution is 2.36. The van der Waals surface area contributed by atoms with Gasteiger partial charge in [0.05, 0.1) is 9.88 Å². The van der Waals surface area contributed by atoms with Gasteiger partial charge in [-0.3, -0.25) is 4.79 Å². The molecule has 2 aromatic rings. The highest BCUT2D eigenvalue weighted by atomic mass is 35.5. The summed E-state index contributed by atoms with van der Waals surface area (Å²) >= 11 is 8.56. The van der Waals surface area contributed by atoms with Gasteiger partial charge in [0.1, 0.15) is 5.88 Å². The third-order valence-corrected chi connectivity index (χ3v) is 5.26. The number of amides is 1. The SMILES string of the molecule is CC1=Nn2c(nnc2-c2sc(NC(=O)CCl)cc2C)SC1. The molecule has 0 aliphatic carbocycles. The van der Waals surface area contributed by atoms with E-state index in [4.69, 9.17) is 11.6 Å². The second-order valence-corrected chi connectivity index (χ2v) is 6.81. The number of aryl methyl sites for hydroxylation is 1. The second-order valence-electron chi connectivity index (χ2n) is 4.55. The Labute approximate surface area is 134 Å². The Balaban J connectivity index is 1.99. The molecule has 1 N–H and O–H groups in total. The number of anilines is 1. The van der Waals surface area contributed by atoms with Crippen LogP contribution in [-0.4, -0.2) is 38.1 Å². The van der Waals surface area contributed by atoms with Crippen LogP contribution in [-0.2, 0) is 4.79 Å². The molecule has 2 aromatic heterocycles. The van der Waals surface area contributed by atoms with Gasteiger partial charge in [0.2, 0.25) is 11.1 Å². The summed E-state index contributed by atoms with van der Waals surface area (Å²) < 4.78 is 1.76. The van der Waals surface area contributed by atoms with Gasteiger partial charge in [-0.2, -0.15) is 9.78 Å². The van der Waals surface area contributed by atoms with Gasteiger partial charge in [-0.15, -0.1) is 33.1 Å². The topological polar surface area (TPSA) is 72.2 Å². The number of hydrogen-bond donors (Lipinski definition) is 1. The molecule has 9 heteroatoms. The van der Waals surface area contributed by atoms with Crippen molar-refractivity contribution in [3.63, 3.8) is 0 Å². The number of carbonyl (C=O) groups excluding carboxylic acids is 1. The van der Waals surface area contributed by atoms with E-state index in [-0.39, 0.29) is 11.8 Å². The van der Waals surface area contributed by atoms with Crippen LogP contribution in [0, 0.1) is 6.92 Å². The van der Waals surface area contributed by atoms with Crippen molar-refractivity contribution in [2.45, 2.75) is 19.0 Å². The lowest BCUT2D eigenvalue weighted by molar-refractivity contribution is -0.113. The standard InChI is InChI=1S/C12H12ClN5OS2/c1-6-3-9(14-8(19)4-13)21-10(6)11-15-16-12-18(11)17-7(2)5-20-12/h3H,4-5H2,1-2H3,(H,14,19). The number of carbonyl (C=O) groups is 1. The lowest BCUT2D eigenvalue weighted by Gasteiger charge is -2.10. The molecule has 6 nitrogen and oxygen atoms in total. The number of rotatable bonds is 3. The number of nitrogens with one attached hydrogen (secondary N) is 1. The first-order chi connectivity index (χ1) is 10.1. The van der Waals surface area contributed by atoms with E-state index in [1.807, 2.05) is 19.9 Å². The van der Waals surface area contributed by atoms with E-state index in [1.165, 1.54) is 11.3 Å². The van der Waals surface area contributed by atoms with Crippen LogP contribution in [0.4, 0.5) is 5.00 Å². The summed E-state index contributed by atoms with van der Waals surface area (Å²) in [6.07, 6.45) is 0. The van der Waals surface area contributed by atoms with Gasteiger partial charge in [0, 0.05) is 11.5 Å². The Morgan fingerprint density at radius 3 is 3.05 bits per heavy atom. The Hall–Kier alpha value is -1.38. The number of hydrogen-bond acceptors (Lipinski definition) is 6. The van der Waals surface area contributed by atoms with Crippen molar-refractivity contribution in [1.29, 1.82) is 0 Å². The first-order valence-electron chi connectivity index (χ1n) is 6.17. The molecular weight excluding hydrogens is 330 g/mol. The molecule has 21 heavy (non-hydrogen) atoms. The highest BCUT2D eigenvalue weighted by molar-refractivity contribution is 7.99. The number of nitrogens with zero attached hydrogens (tertiary/aromatic N) is 4. The zero-order valence-corrected chi connectivity index (χ0v) is 13.8. The van der Waals surface area contributed by atoms with E-state index < -0.39 is 0 Å². The number of alkyl halides is 1. The number of thiophene rings is 1. The minimum absolute atomic E-state index is 0.0628. The average Bonchev–Trinajstić information content (AvgIpc) is 3.01. The quantitative estimate of drug-likeness (QED) is 0.871. The highest BCUT2D eigenvalue weighted by Gasteiger charge is 2.21. The van der Waals surface area contributed by atoms with Gasteiger partial charge in [0.25, 0.3) is 0 Å². The summed E-state index contributed by atoms with van der Waals surface area (Å²) in [5.74, 6) is 1.24. The Morgan fingerprint density at radius 2 is 2.29 bits per heavy atom. The zero-order chi connectivity index (χ0) is 15.0. The first kappa shape index (κ1) is 14.6. The Morgan fingerprint density at radius 1 is 1.48 bits per heavy atom. The van der Waals surface area contributed by atoms with Crippen LogP contribution in [0.25, 0.3) is 10.7 Å². The van der Waals surface area contributed by atoms with Crippen molar-refractivity contribution in [3.05, 3.63) is 11.6 Å². The van der Waals surface area contributed by atoms with Gasteiger partial charge in [-0.05, 0) is 25.5 Å². The van der Waals surface area contributed by atoms with E-state index in [9.17, 15) is 4.79 Å². The molecule has 3 rings (SSSR count). The predicted molar refractivity (Wildman–Crippen MR) is 86.7 cm³/mol. The molecule has 0 bridgehead atoms. The fraction of sp³-hybridized carbons (Fsp3) is 0.333. The number of thioether (sulfide) groups is 1. The largest absolute Gasteiger partial charge is 0.317 e. The molecule has 110 valence electrons. The van der Waals surface area contributed by atoms with E-state index in [0.29, 0.717) is 5.82 Å². The fourth-order valence-corrected chi connectivity index (χ4v) is 3.76. The van der Waals surface area contributed by atoms with Crippen LogP contribution in [0.15, 0.2) is 16.3 Å². The maximum Gasteiger partial charge on any atom is 0.239 e. The van der Waals surface area contributed by atoms with Crippen LogP contribution in [0.5, 0.6) is 0 Å². The lowest BCUT2D eigenvalue weighted by Crippen LogP contribution is -2.11. The van der Waals surface area contributed by atoms with Gasteiger partial charge in [-0.25, -0.2) is 0 Å².